The molecule has 0 aliphatic carbocycles. The maximum atomic E-state index is 11.8. The lowest BCUT2D eigenvalue weighted by Crippen LogP contribution is -2.34. The molecule has 0 saturated carbocycles. The van der Waals surface area contributed by atoms with Gasteiger partial charge in [-0.3, -0.25) is 9.69 Å². The molecule has 0 aliphatic rings. The summed E-state index contributed by atoms with van der Waals surface area (Å²) in [6.07, 6.45) is 0. The minimum Gasteiger partial charge on any atom is -0.325 e. The number of hydrogen-bond donors (Lipinski definition) is 2. The van der Waals surface area contributed by atoms with E-state index in [2.05, 4.69) is 10.6 Å². The Kier molecular flexibility index (Phi) is 6.12. The SMILES string of the molecule is CNCCN(C)CC(=O)Nc1cccc(Cl)c1C. The summed E-state index contributed by atoms with van der Waals surface area (Å²) in [7, 11) is 3.81. The molecule has 5 heteroatoms. The van der Waals surface area contributed by atoms with Crippen molar-refractivity contribution < 1.29 is 4.79 Å². The van der Waals surface area contributed by atoms with Crippen molar-refractivity contribution in [2.24, 2.45) is 0 Å². The van der Waals surface area contributed by atoms with Crippen LogP contribution in [0.2, 0.25) is 5.02 Å². The monoisotopic (exact) mass is 269 g/mol. The first kappa shape index (κ1) is 15.0. The molecule has 0 heterocycles. The lowest BCUT2D eigenvalue weighted by atomic mass is 10.2. The molecule has 1 aromatic carbocycles. The average molecular weight is 270 g/mol. The first-order valence-electron chi connectivity index (χ1n) is 5.92. The molecular formula is C13H20ClN3O. The van der Waals surface area contributed by atoms with Gasteiger partial charge in [0.05, 0.1) is 6.54 Å². The summed E-state index contributed by atoms with van der Waals surface area (Å²) in [5, 5.41) is 6.58. The van der Waals surface area contributed by atoms with Crippen LogP contribution in [0.3, 0.4) is 0 Å². The second-order valence-electron chi connectivity index (χ2n) is 4.30. The summed E-state index contributed by atoms with van der Waals surface area (Å²) in [6.45, 7) is 3.95. The fourth-order valence-corrected chi connectivity index (χ4v) is 1.73. The van der Waals surface area contributed by atoms with Gasteiger partial charge in [-0.15, -0.1) is 0 Å². The minimum atomic E-state index is -0.0287. The van der Waals surface area contributed by atoms with Crippen molar-refractivity contribution in [2.75, 3.05) is 39.0 Å². The summed E-state index contributed by atoms with van der Waals surface area (Å²) < 4.78 is 0. The zero-order valence-corrected chi connectivity index (χ0v) is 11.8. The van der Waals surface area contributed by atoms with Crippen LogP contribution in [-0.4, -0.2) is 44.5 Å². The van der Waals surface area contributed by atoms with Gasteiger partial charge in [0.1, 0.15) is 0 Å². The number of nitrogens with zero attached hydrogens (tertiary/aromatic N) is 1. The van der Waals surface area contributed by atoms with E-state index >= 15 is 0 Å². The van der Waals surface area contributed by atoms with E-state index in [-0.39, 0.29) is 5.91 Å². The molecule has 0 saturated heterocycles. The number of rotatable bonds is 6. The molecule has 1 aromatic rings. The van der Waals surface area contributed by atoms with Gasteiger partial charge in [0.15, 0.2) is 0 Å². The van der Waals surface area contributed by atoms with Crippen molar-refractivity contribution in [2.45, 2.75) is 6.92 Å². The summed E-state index contributed by atoms with van der Waals surface area (Å²) in [5.41, 5.74) is 1.67. The third-order valence-corrected chi connectivity index (χ3v) is 3.11. The Morgan fingerprint density at radius 2 is 2.17 bits per heavy atom. The van der Waals surface area contributed by atoms with E-state index in [4.69, 9.17) is 11.6 Å². The van der Waals surface area contributed by atoms with Gasteiger partial charge < -0.3 is 10.6 Å². The molecule has 0 fully saturated rings. The van der Waals surface area contributed by atoms with Crippen molar-refractivity contribution in [3.63, 3.8) is 0 Å². The third-order valence-electron chi connectivity index (χ3n) is 2.70. The molecule has 1 rings (SSSR count). The second-order valence-corrected chi connectivity index (χ2v) is 4.71. The highest BCUT2D eigenvalue weighted by atomic mass is 35.5. The molecule has 0 unspecified atom stereocenters. The first-order chi connectivity index (χ1) is 8.54. The molecule has 0 radical (unpaired) electrons. The van der Waals surface area contributed by atoms with E-state index in [1.807, 2.05) is 44.1 Å². The Balaban J connectivity index is 2.52. The largest absolute Gasteiger partial charge is 0.325 e. The van der Waals surface area contributed by atoms with Crippen LogP contribution in [0.5, 0.6) is 0 Å². The molecule has 0 aliphatic heterocycles. The van der Waals surface area contributed by atoms with Gasteiger partial charge in [0, 0.05) is 23.8 Å². The molecule has 0 spiro atoms. The minimum absolute atomic E-state index is 0.0287. The summed E-state index contributed by atoms with van der Waals surface area (Å²) in [6, 6.07) is 5.49. The van der Waals surface area contributed by atoms with Gasteiger partial charge in [-0.2, -0.15) is 0 Å². The number of carbonyl (C=O) groups is 1. The topological polar surface area (TPSA) is 44.4 Å². The molecule has 18 heavy (non-hydrogen) atoms. The summed E-state index contributed by atoms with van der Waals surface area (Å²) in [4.78, 5) is 13.8. The number of amides is 1. The number of nitrogens with one attached hydrogen (secondary N) is 2. The summed E-state index contributed by atoms with van der Waals surface area (Å²) >= 11 is 6.00. The molecule has 2 N–H and O–H groups in total. The molecule has 0 bridgehead atoms. The molecular weight excluding hydrogens is 250 g/mol. The molecule has 0 aromatic heterocycles. The predicted molar refractivity (Wildman–Crippen MR) is 76.2 cm³/mol. The lowest BCUT2D eigenvalue weighted by molar-refractivity contribution is -0.117. The Bertz CT molecular complexity index is 409. The lowest BCUT2D eigenvalue weighted by Gasteiger charge is -2.16. The Morgan fingerprint density at radius 3 is 2.83 bits per heavy atom. The van der Waals surface area contributed by atoms with E-state index < -0.39 is 0 Å². The summed E-state index contributed by atoms with van der Waals surface area (Å²) in [5.74, 6) is -0.0287. The van der Waals surface area contributed by atoms with Crippen molar-refractivity contribution in [1.29, 1.82) is 0 Å². The zero-order valence-electron chi connectivity index (χ0n) is 11.1. The van der Waals surface area contributed by atoms with E-state index in [1.165, 1.54) is 0 Å². The van der Waals surface area contributed by atoms with Gasteiger partial charge in [-0.25, -0.2) is 0 Å². The third kappa shape index (κ3) is 4.64. The quantitative estimate of drug-likeness (QED) is 0.827. The standard InChI is InChI=1S/C13H20ClN3O/c1-10-11(14)5-4-6-12(10)16-13(18)9-17(3)8-7-15-2/h4-6,15H,7-9H2,1-3H3,(H,16,18). The predicted octanol–water partition coefficient (Wildman–Crippen LogP) is 1.74. The number of halogens is 1. The van der Waals surface area contributed by atoms with E-state index in [0.717, 1.165) is 24.3 Å². The van der Waals surface area contributed by atoms with Crippen LogP contribution in [0.25, 0.3) is 0 Å². The van der Waals surface area contributed by atoms with Gasteiger partial charge >= 0.3 is 0 Å². The van der Waals surface area contributed by atoms with Crippen LogP contribution < -0.4 is 10.6 Å². The van der Waals surface area contributed by atoms with Crippen LogP contribution in [0, 0.1) is 6.92 Å². The fourth-order valence-electron chi connectivity index (χ4n) is 1.56. The zero-order chi connectivity index (χ0) is 13.5. The molecule has 100 valence electrons. The van der Waals surface area contributed by atoms with E-state index in [1.54, 1.807) is 0 Å². The van der Waals surface area contributed by atoms with Crippen molar-refractivity contribution in [3.8, 4) is 0 Å². The first-order valence-corrected chi connectivity index (χ1v) is 6.30. The highest BCUT2D eigenvalue weighted by molar-refractivity contribution is 6.31. The maximum Gasteiger partial charge on any atom is 0.238 e. The van der Waals surface area contributed by atoms with Gasteiger partial charge in [0.2, 0.25) is 5.91 Å². The highest BCUT2D eigenvalue weighted by Gasteiger charge is 2.08. The van der Waals surface area contributed by atoms with Crippen molar-refractivity contribution in [3.05, 3.63) is 28.8 Å². The van der Waals surface area contributed by atoms with E-state index in [9.17, 15) is 4.79 Å². The highest BCUT2D eigenvalue weighted by Crippen LogP contribution is 2.22. The van der Waals surface area contributed by atoms with Crippen LogP contribution in [0.4, 0.5) is 5.69 Å². The van der Waals surface area contributed by atoms with Gasteiger partial charge in [-0.05, 0) is 38.7 Å². The Morgan fingerprint density at radius 1 is 1.44 bits per heavy atom. The number of hydrogen-bond acceptors (Lipinski definition) is 3. The van der Waals surface area contributed by atoms with Crippen LogP contribution in [-0.2, 0) is 4.79 Å². The van der Waals surface area contributed by atoms with Gasteiger partial charge in [0.25, 0.3) is 0 Å². The smallest absolute Gasteiger partial charge is 0.238 e. The molecule has 4 nitrogen and oxygen atoms in total. The van der Waals surface area contributed by atoms with Crippen LogP contribution >= 0.6 is 11.6 Å². The molecule has 0 atom stereocenters. The van der Waals surface area contributed by atoms with Crippen LogP contribution in [0.15, 0.2) is 18.2 Å². The Hall–Kier alpha value is -1.10. The number of anilines is 1. The van der Waals surface area contributed by atoms with Crippen molar-refractivity contribution >= 4 is 23.2 Å². The second kappa shape index (κ2) is 7.36. The normalized spacial score (nSPS) is 10.7. The van der Waals surface area contributed by atoms with E-state index in [0.29, 0.717) is 11.6 Å². The molecule has 1 amide bonds. The fraction of sp³-hybridized carbons (Fsp3) is 0.462. The number of benzene rings is 1. The maximum absolute atomic E-state index is 11.8. The van der Waals surface area contributed by atoms with Crippen molar-refractivity contribution in [1.82, 2.24) is 10.2 Å². The number of carbonyl (C=O) groups excluding carboxylic acids is 1. The van der Waals surface area contributed by atoms with Crippen LogP contribution in [0.1, 0.15) is 5.56 Å². The van der Waals surface area contributed by atoms with Gasteiger partial charge in [-0.1, -0.05) is 17.7 Å². The average Bonchev–Trinajstić information content (AvgIpc) is 2.32. The Labute approximate surface area is 113 Å². The number of likely N-dealkylation sites (N-methyl/N-ethyl adjacent to an activating group) is 2.